The van der Waals surface area contributed by atoms with Crippen molar-refractivity contribution in [2.75, 3.05) is 25.5 Å². The van der Waals surface area contributed by atoms with E-state index in [1.165, 1.54) is 13.5 Å². The Balaban J connectivity index is 0.00000208. The zero-order chi connectivity index (χ0) is 16.4. The van der Waals surface area contributed by atoms with Crippen molar-refractivity contribution in [3.05, 3.63) is 29.3 Å². The quantitative estimate of drug-likeness (QED) is 0.821. The average molecular weight is 353 g/mol. The molecule has 2 N–H and O–H groups in total. The first-order chi connectivity index (χ1) is 11.1. The van der Waals surface area contributed by atoms with E-state index >= 15 is 0 Å². The lowest BCUT2D eigenvalue weighted by atomic mass is 9.67. The number of ether oxygens (including phenoxy) is 1. The number of hydrogen-bond donors (Lipinski definition) is 2. The minimum atomic E-state index is -0.392. The van der Waals surface area contributed by atoms with Crippen molar-refractivity contribution in [1.82, 2.24) is 5.32 Å². The number of nitrogens with one attached hydrogen (secondary N) is 2. The van der Waals surface area contributed by atoms with Gasteiger partial charge in [0, 0.05) is 12.2 Å². The van der Waals surface area contributed by atoms with Crippen LogP contribution in [0.2, 0.25) is 0 Å². The molecule has 24 heavy (non-hydrogen) atoms. The molecule has 1 amide bonds. The Kier molecular flexibility index (Phi) is 5.88. The molecule has 1 saturated heterocycles. The van der Waals surface area contributed by atoms with Gasteiger partial charge in [0.1, 0.15) is 0 Å². The predicted octanol–water partition coefficient (Wildman–Crippen LogP) is 2.92. The first-order valence-corrected chi connectivity index (χ1v) is 8.28. The van der Waals surface area contributed by atoms with E-state index in [-0.39, 0.29) is 23.7 Å². The number of halogens is 1. The standard InChI is InChI=1S/C18H24N2O3.ClH/c1-12-6-7-13(16(21)23-2)9-15(12)20-17(22)18-8-4-3-5-14(18)10-19-11-18;/h6-7,9,14,19H,3-5,8,10-11H2,1-2H3,(H,20,22);1H/t14-,18+;/m0./s1. The molecule has 2 atom stereocenters. The van der Waals surface area contributed by atoms with Gasteiger partial charge >= 0.3 is 5.97 Å². The van der Waals surface area contributed by atoms with Gasteiger partial charge in [0.2, 0.25) is 5.91 Å². The Morgan fingerprint density at radius 2 is 2.12 bits per heavy atom. The van der Waals surface area contributed by atoms with E-state index in [0.717, 1.165) is 37.9 Å². The van der Waals surface area contributed by atoms with Gasteiger partial charge < -0.3 is 15.4 Å². The topological polar surface area (TPSA) is 67.4 Å². The van der Waals surface area contributed by atoms with Gasteiger partial charge in [-0.3, -0.25) is 4.79 Å². The maximum absolute atomic E-state index is 13.0. The molecule has 1 aromatic rings. The van der Waals surface area contributed by atoms with Crippen LogP contribution in [0.1, 0.15) is 41.6 Å². The third-order valence-electron chi connectivity index (χ3n) is 5.40. The lowest BCUT2D eigenvalue weighted by molar-refractivity contribution is -0.128. The third kappa shape index (κ3) is 3.28. The summed E-state index contributed by atoms with van der Waals surface area (Å²) in [7, 11) is 1.36. The van der Waals surface area contributed by atoms with Crippen molar-refractivity contribution in [2.24, 2.45) is 11.3 Å². The Bertz CT molecular complexity index is 635. The maximum atomic E-state index is 13.0. The maximum Gasteiger partial charge on any atom is 0.337 e. The summed E-state index contributed by atoms with van der Waals surface area (Å²) in [5.41, 5.74) is 1.80. The summed E-state index contributed by atoms with van der Waals surface area (Å²) in [6.45, 7) is 3.60. The Labute approximate surface area is 148 Å². The highest BCUT2D eigenvalue weighted by molar-refractivity contribution is 5.98. The molecular formula is C18H25ClN2O3. The molecule has 0 radical (unpaired) electrons. The highest BCUT2D eigenvalue weighted by atomic mass is 35.5. The van der Waals surface area contributed by atoms with Gasteiger partial charge in [-0.2, -0.15) is 0 Å². The summed E-state index contributed by atoms with van der Waals surface area (Å²) in [6.07, 6.45) is 4.36. The van der Waals surface area contributed by atoms with Crippen LogP contribution in [0.25, 0.3) is 0 Å². The molecule has 1 heterocycles. The lowest BCUT2D eigenvalue weighted by Gasteiger charge is -2.37. The zero-order valence-corrected chi connectivity index (χ0v) is 15.0. The number of hydrogen-bond acceptors (Lipinski definition) is 4. The molecule has 0 aromatic heterocycles. The Hall–Kier alpha value is -1.59. The van der Waals surface area contributed by atoms with Gasteiger partial charge in [0.05, 0.1) is 18.1 Å². The second-order valence-corrected chi connectivity index (χ2v) is 6.71. The van der Waals surface area contributed by atoms with E-state index in [9.17, 15) is 9.59 Å². The van der Waals surface area contributed by atoms with Gasteiger partial charge in [0.25, 0.3) is 0 Å². The lowest BCUT2D eigenvalue weighted by Crippen LogP contribution is -2.44. The van der Waals surface area contributed by atoms with Crippen molar-refractivity contribution in [3.63, 3.8) is 0 Å². The second kappa shape index (κ2) is 7.53. The molecule has 1 saturated carbocycles. The number of fused-ring (bicyclic) bond motifs is 1. The van der Waals surface area contributed by atoms with Crippen LogP contribution in [0, 0.1) is 18.3 Å². The smallest absolute Gasteiger partial charge is 0.337 e. The molecule has 5 nitrogen and oxygen atoms in total. The van der Waals surface area contributed by atoms with Gasteiger partial charge in [-0.15, -0.1) is 12.4 Å². The highest BCUT2D eigenvalue weighted by Crippen LogP contribution is 2.44. The number of aryl methyl sites for hydroxylation is 1. The summed E-state index contributed by atoms with van der Waals surface area (Å²) in [5.74, 6) is 0.106. The van der Waals surface area contributed by atoms with Crippen molar-refractivity contribution in [2.45, 2.75) is 32.6 Å². The van der Waals surface area contributed by atoms with Crippen LogP contribution >= 0.6 is 12.4 Å². The number of benzene rings is 1. The molecule has 3 rings (SSSR count). The molecule has 1 aliphatic heterocycles. The monoisotopic (exact) mass is 352 g/mol. The van der Waals surface area contributed by atoms with Crippen molar-refractivity contribution in [3.8, 4) is 0 Å². The van der Waals surface area contributed by atoms with Crippen molar-refractivity contribution < 1.29 is 14.3 Å². The largest absolute Gasteiger partial charge is 0.465 e. The molecule has 2 fully saturated rings. The van der Waals surface area contributed by atoms with E-state index in [4.69, 9.17) is 4.74 Å². The van der Waals surface area contributed by atoms with E-state index in [2.05, 4.69) is 10.6 Å². The summed E-state index contributed by atoms with van der Waals surface area (Å²) < 4.78 is 4.76. The van der Waals surface area contributed by atoms with Gasteiger partial charge in [-0.05, 0) is 49.9 Å². The number of esters is 1. The fraction of sp³-hybridized carbons (Fsp3) is 0.556. The van der Waals surface area contributed by atoms with Crippen LogP contribution in [0.4, 0.5) is 5.69 Å². The fourth-order valence-corrected chi connectivity index (χ4v) is 3.94. The van der Waals surface area contributed by atoms with E-state index in [0.29, 0.717) is 17.2 Å². The Morgan fingerprint density at radius 1 is 1.33 bits per heavy atom. The van der Waals surface area contributed by atoms with Crippen LogP contribution in [-0.4, -0.2) is 32.1 Å². The number of carbonyl (C=O) groups is 2. The van der Waals surface area contributed by atoms with Gasteiger partial charge in [-0.25, -0.2) is 4.79 Å². The summed E-state index contributed by atoms with van der Waals surface area (Å²) in [4.78, 5) is 24.7. The molecule has 1 aliphatic carbocycles. The first-order valence-electron chi connectivity index (χ1n) is 8.28. The molecular weight excluding hydrogens is 328 g/mol. The molecule has 0 bridgehead atoms. The minimum Gasteiger partial charge on any atom is -0.465 e. The number of carbonyl (C=O) groups excluding carboxylic acids is 2. The van der Waals surface area contributed by atoms with E-state index in [1.807, 2.05) is 13.0 Å². The Morgan fingerprint density at radius 3 is 2.88 bits per heavy atom. The first kappa shape index (κ1) is 18.7. The van der Waals surface area contributed by atoms with Crippen molar-refractivity contribution in [1.29, 1.82) is 0 Å². The molecule has 2 aliphatic rings. The molecule has 132 valence electrons. The molecule has 6 heteroatoms. The predicted molar refractivity (Wildman–Crippen MR) is 95.7 cm³/mol. The molecule has 1 aromatic carbocycles. The number of amides is 1. The normalized spacial score (nSPS) is 25.3. The SMILES string of the molecule is COC(=O)c1ccc(C)c(NC(=O)[C@@]23CCCC[C@H]2CNC3)c1.Cl. The second-order valence-electron chi connectivity index (χ2n) is 6.71. The highest BCUT2D eigenvalue weighted by Gasteiger charge is 2.49. The fourth-order valence-electron chi connectivity index (χ4n) is 3.94. The number of methoxy groups -OCH3 is 1. The average Bonchev–Trinajstić information content (AvgIpc) is 3.01. The number of rotatable bonds is 3. The van der Waals surface area contributed by atoms with Crippen LogP contribution in [0.5, 0.6) is 0 Å². The third-order valence-corrected chi connectivity index (χ3v) is 5.40. The summed E-state index contributed by atoms with van der Waals surface area (Å²) in [6, 6.07) is 5.26. The summed E-state index contributed by atoms with van der Waals surface area (Å²) >= 11 is 0. The van der Waals surface area contributed by atoms with Crippen LogP contribution in [0.15, 0.2) is 18.2 Å². The molecule has 0 unspecified atom stereocenters. The van der Waals surface area contributed by atoms with Crippen LogP contribution in [-0.2, 0) is 9.53 Å². The zero-order valence-electron chi connectivity index (χ0n) is 14.2. The molecule has 0 spiro atoms. The van der Waals surface area contributed by atoms with E-state index < -0.39 is 5.97 Å². The van der Waals surface area contributed by atoms with Crippen LogP contribution < -0.4 is 10.6 Å². The van der Waals surface area contributed by atoms with Gasteiger partial charge in [-0.1, -0.05) is 18.9 Å². The van der Waals surface area contributed by atoms with Crippen LogP contribution in [0.3, 0.4) is 0 Å². The van der Waals surface area contributed by atoms with Crippen molar-refractivity contribution >= 4 is 30.0 Å². The van der Waals surface area contributed by atoms with Gasteiger partial charge in [0.15, 0.2) is 0 Å². The number of anilines is 1. The van der Waals surface area contributed by atoms with E-state index in [1.54, 1.807) is 12.1 Å². The minimum absolute atomic E-state index is 0. The summed E-state index contributed by atoms with van der Waals surface area (Å²) in [5, 5.41) is 6.46.